The van der Waals surface area contributed by atoms with E-state index in [4.69, 9.17) is 0 Å². The number of fused-ring (bicyclic) bond motifs is 1. The lowest BCUT2D eigenvalue weighted by molar-refractivity contribution is -0.387. The van der Waals surface area contributed by atoms with E-state index in [2.05, 4.69) is 5.32 Å². The lowest BCUT2D eigenvalue weighted by atomic mass is 9.85. The minimum absolute atomic E-state index is 0.00894. The number of nitrogens with zero attached hydrogens (tertiary/aromatic N) is 2. The molecule has 1 aliphatic carbocycles. The largest absolute Gasteiger partial charge is 0.324 e. The molecule has 0 bridgehead atoms. The Labute approximate surface area is 166 Å². The molecule has 1 saturated heterocycles. The van der Waals surface area contributed by atoms with Crippen molar-refractivity contribution in [3.8, 4) is 0 Å². The zero-order chi connectivity index (χ0) is 21.3. The van der Waals surface area contributed by atoms with Gasteiger partial charge in [-0.3, -0.25) is 29.4 Å². The van der Waals surface area contributed by atoms with Crippen LogP contribution in [-0.2, 0) is 14.4 Å². The van der Waals surface area contributed by atoms with Crippen LogP contribution in [0.2, 0.25) is 0 Å². The van der Waals surface area contributed by atoms with Crippen LogP contribution in [0.5, 0.6) is 0 Å². The quantitative estimate of drug-likeness (QED) is 0.340. The van der Waals surface area contributed by atoms with Crippen molar-refractivity contribution in [3.05, 3.63) is 46.3 Å². The molecule has 0 saturated carbocycles. The highest BCUT2D eigenvalue weighted by Crippen LogP contribution is 2.37. The summed E-state index contributed by atoms with van der Waals surface area (Å²) in [6.45, 7) is 3.73. The van der Waals surface area contributed by atoms with Gasteiger partial charge in [0.2, 0.25) is 23.5 Å². The van der Waals surface area contributed by atoms with Crippen LogP contribution in [0.15, 0.2) is 30.4 Å². The number of nitro benzene ring substituents is 1. The van der Waals surface area contributed by atoms with E-state index in [1.54, 1.807) is 0 Å². The van der Waals surface area contributed by atoms with Gasteiger partial charge in [-0.2, -0.15) is 4.39 Å². The Morgan fingerprint density at radius 2 is 1.83 bits per heavy atom. The molecule has 9 heteroatoms. The fourth-order valence-corrected chi connectivity index (χ4v) is 3.87. The molecular formula is C20H22FN3O5. The Balaban J connectivity index is 1.86. The standard InChI is InChI=1S/C20H22FN3O5/c1-11(2)9-17(23-19(26)13-5-3-4-6-14(13)20(23)27)18(25)22-12-7-8-15(21)16(10-12)24(28)29/h3-4,7-8,10-11,13-14,17H,5-6,9H2,1-2H3,(H,22,25). The van der Waals surface area contributed by atoms with Gasteiger partial charge in [0.05, 0.1) is 16.8 Å². The van der Waals surface area contributed by atoms with Crippen molar-refractivity contribution in [2.45, 2.75) is 39.2 Å². The molecule has 0 spiro atoms. The molecule has 154 valence electrons. The summed E-state index contributed by atoms with van der Waals surface area (Å²) in [5, 5.41) is 13.4. The SMILES string of the molecule is CC(C)CC(C(=O)Nc1ccc(F)c([N+](=O)[O-])c1)N1C(=O)C2CC=CCC2C1=O. The van der Waals surface area contributed by atoms with Crippen LogP contribution >= 0.6 is 0 Å². The van der Waals surface area contributed by atoms with Crippen LogP contribution in [-0.4, -0.2) is 33.6 Å². The molecule has 3 rings (SSSR count). The second-order valence-electron chi connectivity index (χ2n) is 7.76. The number of imide groups is 1. The van der Waals surface area contributed by atoms with E-state index in [-0.39, 0.29) is 29.8 Å². The minimum Gasteiger partial charge on any atom is -0.324 e. The summed E-state index contributed by atoms with van der Waals surface area (Å²) < 4.78 is 13.5. The number of likely N-dealkylation sites (tertiary alicyclic amines) is 1. The first-order valence-corrected chi connectivity index (χ1v) is 9.47. The van der Waals surface area contributed by atoms with Gasteiger partial charge in [0, 0.05) is 11.8 Å². The Morgan fingerprint density at radius 1 is 1.24 bits per heavy atom. The van der Waals surface area contributed by atoms with E-state index in [0.717, 1.165) is 17.0 Å². The fourth-order valence-electron chi connectivity index (χ4n) is 3.87. The molecule has 1 heterocycles. The third kappa shape index (κ3) is 4.03. The van der Waals surface area contributed by atoms with Crippen LogP contribution in [0, 0.1) is 33.7 Å². The first-order chi connectivity index (χ1) is 13.7. The zero-order valence-electron chi connectivity index (χ0n) is 16.1. The molecule has 3 atom stereocenters. The molecule has 1 aromatic rings. The predicted molar refractivity (Wildman–Crippen MR) is 102 cm³/mol. The molecule has 29 heavy (non-hydrogen) atoms. The number of nitro groups is 1. The van der Waals surface area contributed by atoms with Gasteiger partial charge in [-0.15, -0.1) is 0 Å². The lowest BCUT2D eigenvalue weighted by Crippen LogP contribution is -2.48. The van der Waals surface area contributed by atoms with Gasteiger partial charge >= 0.3 is 5.69 Å². The average Bonchev–Trinajstić information content (AvgIpc) is 2.92. The van der Waals surface area contributed by atoms with E-state index >= 15 is 0 Å². The molecule has 0 aromatic heterocycles. The number of carbonyl (C=O) groups is 3. The van der Waals surface area contributed by atoms with E-state index in [1.807, 2.05) is 26.0 Å². The number of allylic oxidation sites excluding steroid dienone is 2. The Kier molecular flexibility index (Phi) is 5.76. The summed E-state index contributed by atoms with van der Waals surface area (Å²) in [7, 11) is 0. The molecule has 3 amide bonds. The van der Waals surface area contributed by atoms with Crippen molar-refractivity contribution in [1.29, 1.82) is 0 Å². The van der Waals surface area contributed by atoms with E-state index < -0.39 is 40.2 Å². The normalized spacial score (nSPS) is 22.0. The maximum atomic E-state index is 13.5. The summed E-state index contributed by atoms with van der Waals surface area (Å²) >= 11 is 0. The van der Waals surface area contributed by atoms with E-state index in [9.17, 15) is 28.9 Å². The van der Waals surface area contributed by atoms with Gasteiger partial charge in [-0.25, -0.2) is 0 Å². The summed E-state index contributed by atoms with van der Waals surface area (Å²) in [5.41, 5.74) is -0.747. The Hall–Kier alpha value is -3.10. The molecule has 8 nitrogen and oxygen atoms in total. The minimum atomic E-state index is -1.04. The average molecular weight is 403 g/mol. The molecular weight excluding hydrogens is 381 g/mol. The van der Waals surface area contributed by atoms with Crippen molar-refractivity contribution < 1.29 is 23.7 Å². The Bertz CT molecular complexity index is 872. The third-order valence-electron chi connectivity index (χ3n) is 5.26. The van der Waals surface area contributed by atoms with Gasteiger partial charge in [0.15, 0.2) is 0 Å². The van der Waals surface area contributed by atoms with Gasteiger partial charge in [0.1, 0.15) is 6.04 Å². The second-order valence-corrected chi connectivity index (χ2v) is 7.76. The number of carbonyl (C=O) groups excluding carboxylic acids is 3. The van der Waals surface area contributed by atoms with E-state index in [1.165, 1.54) is 6.07 Å². The number of halogens is 1. The van der Waals surface area contributed by atoms with Gasteiger partial charge < -0.3 is 5.32 Å². The number of hydrogen-bond acceptors (Lipinski definition) is 5. The van der Waals surface area contributed by atoms with Gasteiger partial charge in [-0.1, -0.05) is 26.0 Å². The number of anilines is 1. The molecule has 1 aromatic carbocycles. The predicted octanol–water partition coefficient (Wildman–Crippen LogP) is 3.04. The zero-order valence-corrected chi connectivity index (χ0v) is 16.1. The number of hydrogen-bond donors (Lipinski definition) is 1. The summed E-state index contributed by atoms with van der Waals surface area (Å²) in [6, 6.07) is 1.96. The highest BCUT2D eigenvalue weighted by Gasteiger charge is 2.51. The highest BCUT2D eigenvalue weighted by molar-refractivity contribution is 6.10. The number of benzene rings is 1. The highest BCUT2D eigenvalue weighted by atomic mass is 19.1. The molecule has 2 aliphatic rings. The maximum Gasteiger partial charge on any atom is 0.306 e. The van der Waals surface area contributed by atoms with Crippen LogP contribution < -0.4 is 5.32 Å². The number of rotatable bonds is 6. The summed E-state index contributed by atoms with van der Waals surface area (Å²) in [6.07, 6.45) is 4.91. The second kappa shape index (κ2) is 8.10. The molecule has 1 fully saturated rings. The van der Waals surface area contributed by atoms with Crippen molar-refractivity contribution in [2.24, 2.45) is 17.8 Å². The fraction of sp³-hybridized carbons (Fsp3) is 0.450. The van der Waals surface area contributed by atoms with Crippen molar-refractivity contribution in [3.63, 3.8) is 0 Å². The number of amides is 3. The number of nitrogens with one attached hydrogen (secondary N) is 1. The summed E-state index contributed by atoms with van der Waals surface area (Å²) in [4.78, 5) is 49.8. The van der Waals surface area contributed by atoms with Crippen molar-refractivity contribution in [1.82, 2.24) is 4.90 Å². The van der Waals surface area contributed by atoms with Gasteiger partial charge in [0.25, 0.3) is 0 Å². The maximum absolute atomic E-state index is 13.5. The lowest BCUT2D eigenvalue weighted by Gasteiger charge is -2.27. The van der Waals surface area contributed by atoms with Crippen LogP contribution in [0.1, 0.15) is 33.1 Å². The van der Waals surface area contributed by atoms with Crippen molar-refractivity contribution >= 4 is 29.1 Å². The molecule has 3 unspecified atom stereocenters. The monoisotopic (exact) mass is 403 g/mol. The van der Waals surface area contributed by atoms with Gasteiger partial charge in [-0.05, 0) is 37.3 Å². The molecule has 0 radical (unpaired) electrons. The Morgan fingerprint density at radius 3 is 2.34 bits per heavy atom. The van der Waals surface area contributed by atoms with E-state index in [0.29, 0.717) is 12.8 Å². The smallest absolute Gasteiger partial charge is 0.306 e. The summed E-state index contributed by atoms with van der Waals surface area (Å²) in [5.74, 6) is -3.29. The third-order valence-corrected chi connectivity index (χ3v) is 5.26. The van der Waals surface area contributed by atoms with Crippen LogP contribution in [0.25, 0.3) is 0 Å². The van der Waals surface area contributed by atoms with Crippen LogP contribution in [0.3, 0.4) is 0 Å². The van der Waals surface area contributed by atoms with Crippen molar-refractivity contribution in [2.75, 3.05) is 5.32 Å². The first-order valence-electron chi connectivity index (χ1n) is 9.47. The topological polar surface area (TPSA) is 110 Å². The first kappa shape index (κ1) is 20.6. The molecule has 1 aliphatic heterocycles. The molecule has 1 N–H and O–H groups in total. The van der Waals surface area contributed by atoms with Crippen LogP contribution in [0.4, 0.5) is 15.8 Å².